The van der Waals surface area contributed by atoms with Gasteiger partial charge in [0.05, 0.1) is 6.10 Å². The number of aliphatic hydroxyl groups excluding tert-OH is 1. The number of hydrogen-bond acceptors (Lipinski definition) is 2. The van der Waals surface area contributed by atoms with E-state index in [9.17, 15) is 9.50 Å². The first-order valence-corrected chi connectivity index (χ1v) is 5.15. The summed E-state index contributed by atoms with van der Waals surface area (Å²) in [4.78, 5) is 0. The highest BCUT2D eigenvalue weighted by Crippen LogP contribution is 2.27. The number of phenolic OH excluding ortho intramolecular Hbond substituents is 1. The van der Waals surface area contributed by atoms with Crippen LogP contribution in [0.15, 0.2) is 16.6 Å². The zero-order valence-electron chi connectivity index (χ0n) is 7.80. The van der Waals surface area contributed by atoms with Crippen LogP contribution in [-0.4, -0.2) is 16.3 Å². The van der Waals surface area contributed by atoms with Crippen LogP contribution in [0.2, 0.25) is 0 Å². The smallest absolute Gasteiger partial charge is 0.166 e. The summed E-state index contributed by atoms with van der Waals surface area (Å²) in [5, 5.41) is 18.4. The normalized spacial score (nSPS) is 12.9. The molecule has 1 rings (SSSR count). The van der Waals surface area contributed by atoms with Gasteiger partial charge in [-0.25, -0.2) is 4.39 Å². The topological polar surface area (TPSA) is 40.5 Å². The molecule has 0 radical (unpaired) electrons. The molecule has 0 spiro atoms. The van der Waals surface area contributed by atoms with Gasteiger partial charge in [-0.3, -0.25) is 0 Å². The Morgan fingerprint density at radius 3 is 2.71 bits per heavy atom. The van der Waals surface area contributed by atoms with Crippen LogP contribution in [0, 0.1) is 5.82 Å². The number of rotatable bonds is 3. The number of phenols is 1. The van der Waals surface area contributed by atoms with Gasteiger partial charge >= 0.3 is 0 Å². The summed E-state index contributed by atoms with van der Waals surface area (Å²) in [6.45, 7) is 1.66. The molecule has 1 unspecified atom stereocenters. The number of benzene rings is 1. The SMILES string of the molecule is CC(O)CCc1cc(Br)cc(F)c1O. The highest BCUT2D eigenvalue weighted by atomic mass is 79.9. The van der Waals surface area contributed by atoms with E-state index in [-0.39, 0.29) is 5.75 Å². The number of aryl methyl sites for hydroxylation is 1. The third-order valence-electron chi connectivity index (χ3n) is 1.94. The number of halogens is 2. The van der Waals surface area contributed by atoms with Crippen molar-refractivity contribution < 1.29 is 14.6 Å². The van der Waals surface area contributed by atoms with Gasteiger partial charge in [-0.1, -0.05) is 15.9 Å². The van der Waals surface area contributed by atoms with Gasteiger partial charge in [0.15, 0.2) is 11.6 Å². The van der Waals surface area contributed by atoms with Gasteiger partial charge < -0.3 is 10.2 Å². The average molecular weight is 263 g/mol. The second-order valence-corrected chi connectivity index (χ2v) is 4.20. The molecule has 0 aliphatic heterocycles. The summed E-state index contributed by atoms with van der Waals surface area (Å²) in [7, 11) is 0. The fourth-order valence-corrected chi connectivity index (χ4v) is 1.65. The van der Waals surface area contributed by atoms with Crippen molar-refractivity contribution >= 4 is 15.9 Å². The zero-order chi connectivity index (χ0) is 10.7. The van der Waals surface area contributed by atoms with Crippen LogP contribution < -0.4 is 0 Å². The fraction of sp³-hybridized carbons (Fsp3) is 0.400. The lowest BCUT2D eigenvalue weighted by molar-refractivity contribution is 0.184. The molecule has 1 aromatic rings. The number of hydrogen-bond donors (Lipinski definition) is 2. The van der Waals surface area contributed by atoms with Crippen molar-refractivity contribution in [3.63, 3.8) is 0 Å². The van der Waals surface area contributed by atoms with Gasteiger partial charge in [0.1, 0.15) is 0 Å². The quantitative estimate of drug-likeness (QED) is 0.880. The minimum atomic E-state index is -0.639. The highest BCUT2D eigenvalue weighted by Gasteiger charge is 2.09. The molecule has 0 saturated carbocycles. The molecule has 2 N–H and O–H groups in total. The van der Waals surface area contributed by atoms with Gasteiger partial charge in [-0.2, -0.15) is 0 Å². The van der Waals surface area contributed by atoms with E-state index in [0.717, 1.165) is 0 Å². The summed E-state index contributed by atoms with van der Waals surface area (Å²) >= 11 is 3.14. The van der Waals surface area contributed by atoms with Crippen molar-refractivity contribution in [2.45, 2.75) is 25.9 Å². The van der Waals surface area contributed by atoms with Crippen molar-refractivity contribution in [2.75, 3.05) is 0 Å². The van der Waals surface area contributed by atoms with E-state index < -0.39 is 11.9 Å². The molecule has 78 valence electrons. The fourth-order valence-electron chi connectivity index (χ4n) is 1.17. The van der Waals surface area contributed by atoms with E-state index in [2.05, 4.69) is 15.9 Å². The molecule has 0 aliphatic rings. The molecule has 0 fully saturated rings. The Balaban J connectivity index is 2.85. The molecule has 0 aliphatic carbocycles. The van der Waals surface area contributed by atoms with E-state index in [1.807, 2.05) is 0 Å². The molecule has 14 heavy (non-hydrogen) atoms. The second kappa shape index (κ2) is 4.75. The third kappa shape index (κ3) is 2.96. The number of aliphatic hydroxyl groups is 1. The minimum Gasteiger partial charge on any atom is -0.505 e. The standard InChI is InChI=1S/C10H12BrFO2/c1-6(13)2-3-7-4-8(11)5-9(12)10(7)14/h4-6,13-14H,2-3H2,1H3. The van der Waals surface area contributed by atoms with Crippen molar-refractivity contribution in [1.82, 2.24) is 0 Å². The van der Waals surface area contributed by atoms with E-state index in [0.29, 0.717) is 22.9 Å². The lowest BCUT2D eigenvalue weighted by Gasteiger charge is -2.07. The largest absolute Gasteiger partial charge is 0.505 e. The first-order valence-electron chi connectivity index (χ1n) is 4.35. The van der Waals surface area contributed by atoms with E-state index in [1.54, 1.807) is 13.0 Å². The van der Waals surface area contributed by atoms with Gasteiger partial charge in [-0.05, 0) is 37.5 Å². The Bertz CT molecular complexity index is 326. The molecule has 2 nitrogen and oxygen atoms in total. The maximum absolute atomic E-state index is 13.0. The predicted octanol–water partition coefficient (Wildman–Crippen LogP) is 2.61. The van der Waals surface area contributed by atoms with Crippen molar-refractivity contribution in [3.8, 4) is 5.75 Å². The van der Waals surface area contributed by atoms with Crippen LogP contribution in [-0.2, 0) is 6.42 Å². The highest BCUT2D eigenvalue weighted by molar-refractivity contribution is 9.10. The van der Waals surface area contributed by atoms with Crippen molar-refractivity contribution in [1.29, 1.82) is 0 Å². The summed E-state index contributed by atoms with van der Waals surface area (Å²) in [5.74, 6) is -0.964. The maximum atomic E-state index is 13.0. The number of aromatic hydroxyl groups is 1. The molecule has 0 aromatic heterocycles. The average Bonchev–Trinajstić information content (AvgIpc) is 2.08. The van der Waals surface area contributed by atoms with E-state index >= 15 is 0 Å². The molecular weight excluding hydrogens is 251 g/mol. The molecule has 4 heteroatoms. The predicted molar refractivity (Wildman–Crippen MR) is 55.8 cm³/mol. The van der Waals surface area contributed by atoms with Crippen LogP contribution >= 0.6 is 15.9 Å². The van der Waals surface area contributed by atoms with Crippen molar-refractivity contribution in [2.24, 2.45) is 0 Å². The van der Waals surface area contributed by atoms with Crippen LogP contribution in [0.3, 0.4) is 0 Å². The lowest BCUT2D eigenvalue weighted by Crippen LogP contribution is -2.02. The summed E-state index contributed by atoms with van der Waals surface area (Å²) in [6.07, 6.45) is 0.514. The Kier molecular flexibility index (Phi) is 3.89. The van der Waals surface area contributed by atoms with Gasteiger partial charge in [0.25, 0.3) is 0 Å². The lowest BCUT2D eigenvalue weighted by atomic mass is 10.1. The third-order valence-corrected chi connectivity index (χ3v) is 2.40. The summed E-state index contributed by atoms with van der Waals surface area (Å²) in [5.41, 5.74) is 0.512. The Hall–Kier alpha value is -0.610. The van der Waals surface area contributed by atoms with E-state index in [1.165, 1.54) is 6.07 Å². The summed E-state index contributed by atoms with van der Waals surface area (Å²) in [6, 6.07) is 2.86. The maximum Gasteiger partial charge on any atom is 0.166 e. The molecule has 0 heterocycles. The molecule has 0 saturated heterocycles. The molecule has 1 aromatic carbocycles. The van der Waals surface area contributed by atoms with Gasteiger partial charge in [-0.15, -0.1) is 0 Å². The monoisotopic (exact) mass is 262 g/mol. The first kappa shape index (κ1) is 11.5. The molecule has 1 atom stereocenters. The molecule has 0 amide bonds. The second-order valence-electron chi connectivity index (χ2n) is 3.28. The first-order chi connectivity index (χ1) is 6.50. The zero-order valence-corrected chi connectivity index (χ0v) is 9.38. The molecule has 0 bridgehead atoms. The van der Waals surface area contributed by atoms with Crippen LogP contribution in [0.5, 0.6) is 5.75 Å². The van der Waals surface area contributed by atoms with E-state index in [4.69, 9.17) is 5.11 Å². The van der Waals surface area contributed by atoms with Crippen molar-refractivity contribution in [3.05, 3.63) is 28.0 Å². The Labute approximate surface area is 90.5 Å². The van der Waals surface area contributed by atoms with Crippen LogP contribution in [0.25, 0.3) is 0 Å². The summed E-state index contributed by atoms with van der Waals surface area (Å²) < 4.78 is 13.6. The van der Waals surface area contributed by atoms with Gasteiger partial charge in [0.2, 0.25) is 0 Å². The van der Waals surface area contributed by atoms with Crippen LogP contribution in [0.4, 0.5) is 4.39 Å². The van der Waals surface area contributed by atoms with Crippen LogP contribution in [0.1, 0.15) is 18.9 Å². The molecular formula is C10H12BrFO2. The Morgan fingerprint density at radius 2 is 2.14 bits per heavy atom. The minimum absolute atomic E-state index is 0.325. The Morgan fingerprint density at radius 1 is 1.50 bits per heavy atom. The van der Waals surface area contributed by atoms with Gasteiger partial charge in [0, 0.05) is 4.47 Å².